The number of alkyl halides is 10. The van der Waals surface area contributed by atoms with Crippen LogP contribution in [-0.2, 0) is 18.3 Å². The Bertz CT molecular complexity index is 1940. The minimum atomic E-state index is -3.09. The van der Waals surface area contributed by atoms with E-state index in [4.69, 9.17) is 187 Å². The number of hydrogen-bond donors (Lipinski definition) is 2. The maximum absolute atomic E-state index is 12.9. The number of nitrogens with zero attached hydrogens (tertiary/aromatic N) is 7. The second-order valence-corrected chi connectivity index (χ2v) is 57.0. The molecule has 564 valence electrons. The number of hydrogen-bond acceptors (Lipinski definition) is 6. The van der Waals surface area contributed by atoms with Crippen LogP contribution in [0.4, 0.5) is 0 Å². The van der Waals surface area contributed by atoms with Crippen molar-refractivity contribution >= 4 is 230 Å². The minimum Gasteiger partial charge on any atom is -0.668 e. The molecular formula is C59H117BrCl15LiN8O5P4Si2. The van der Waals surface area contributed by atoms with Crippen LogP contribution >= 0.6 is 213 Å². The summed E-state index contributed by atoms with van der Waals surface area (Å²) < 4.78 is 63.7. The van der Waals surface area contributed by atoms with Gasteiger partial charge in [0.25, 0.3) is 0 Å². The summed E-state index contributed by atoms with van der Waals surface area (Å²) >= 11 is 88.3. The fraction of sp³-hybridized carbons (Fsp3) is 1.00. The predicted molar refractivity (Wildman–Crippen MR) is 434 cm³/mol. The van der Waals surface area contributed by atoms with Crippen LogP contribution in [0, 0.1) is 17.8 Å². The van der Waals surface area contributed by atoms with E-state index < -0.39 is 42.1 Å². The first kappa shape index (κ1) is 101. The molecule has 10 saturated carbocycles. The second-order valence-electron chi connectivity index (χ2n) is 27.3. The summed E-state index contributed by atoms with van der Waals surface area (Å²) in [7, 11) is -2.21. The average Bonchev–Trinajstić information content (AvgIpc) is 1.61. The normalized spacial score (nSPS) is 19.3. The van der Waals surface area contributed by atoms with Crippen molar-refractivity contribution in [3.05, 3.63) is 4.65 Å². The van der Waals surface area contributed by atoms with E-state index in [1.165, 1.54) is 89.9 Å². The standard InChI is InChI=1S/2C10H18Cl3N2OP.3C6H11Cl.C6H18NSi2.2C5H9Cl3NOP.C3H7N.C2H5BrO.Li/c2*11-5-7-14(9-1-2-9)17(13,16)15(8-6-12)10-3-4-10;3*7-5-1-2-6-3-4-6;1-8(2,3)7-9(4,5)6;2*6-3-4-9(5-1-2-5)11(7,8)10;4-3-1-2-3;3-1-2-4;/h2*9-10H,1-8H2;3*6H,1-5H2;1-6H3;2*5H,1-4H2;3H,1-2,4H2;4H,1-2H2;/q;;;;;-1;;;;;+1. The maximum atomic E-state index is 12.9. The molecule has 3 N–H and O–H groups in total. The third-order valence-electron chi connectivity index (χ3n) is 15.3. The van der Waals surface area contributed by atoms with Gasteiger partial charge < -0.3 is 15.5 Å². The van der Waals surface area contributed by atoms with E-state index >= 15 is 0 Å². The molecule has 0 heterocycles. The first-order chi connectivity index (χ1) is 44.1. The van der Waals surface area contributed by atoms with E-state index in [0.717, 1.165) is 112 Å². The van der Waals surface area contributed by atoms with Crippen molar-refractivity contribution in [2.45, 2.75) is 249 Å². The van der Waals surface area contributed by atoms with Gasteiger partial charge in [0.05, 0.1) is 6.61 Å². The predicted octanol–water partition coefficient (Wildman–Crippen LogP) is 21.8. The van der Waals surface area contributed by atoms with Crippen molar-refractivity contribution in [3.8, 4) is 0 Å². The average molecular weight is 1820 g/mol. The largest absolute Gasteiger partial charge is 1.00 e. The van der Waals surface area contributed by atoms with Gasteiger partial charge in [-0.05, 0) is 214 Å². The summed E-state index contributed by atoms with van der Waals surface area (Å²) in [6.07, 6.45) is 31.9. The third-order valence-corrected chi connectivity index (χ3v) is 34.4. The van der Waals surface area contributed by atoms with Gasteiger partial charge in [0, 0.05) is 140 Å². The van der Waals surface area contributed by atoms with Gasteiger partial charge >= 0.3 is 44.4 Å². The number of rotatable bonds is 36. The van der Waals surface area contributed by atoms with Crippen LogP contribution in [0.5, 0.6) is 0 Å². The number of nitrogens with two attached hydrogens (primary N) is 1. The number of aliphatic hydroxyl groups is 1. The molecule has 0 aromatic heterocycles. The maximum Gasteiger partial charge on any atom is 1.00 e. The molecule has 36 heteroatoms. The third kappa shape index (κ3) is 54.6. The SMILES string of the molecule is C[Si](C)(C)[N-][Si](C)(C)C.ClCCCC1CC1.ClCCCC1CC1.ClCCCC1CC1.NC1CC1.O=P(Cl)(Cl)N(CCCl)C1CC1.O=P(Cl)(Cl)N(CCCl)C1CC1.O=P(Cl)(N(CCCl)C1CC1)N(CCCl)C1CC1.O=P(Cl)(N(CCCl)C1CC1)N(CCCl)C1CC1.OCCBr.[Li+]. The van der Waals surface area contributed by atoms with Crippen LogP contribution in [0.1, 0.15) is 167 Å². The topological polar surface area (TPSA) is 148 Å². The van der Waals surface area contributed by atoms with E-state index in [0.29, 0.717) is 122 Å². The number of halogens is 16. The van der Waals surface area contributed by atoms with Gasteiger partial charge in [0.2, 0.25) is 0 Å². The Kier molecular flexibility index (Phi) is 58.6. The quantitative estimate of drug-likeness (QED) is 0.0349. The summed E-state index contributed by atoms with van der Waals surface area (Å²) in [4.78, 5) is 0. The van der Waals surface area contributed by atoms with E-state index in [1.807, 2.05) is 18.7 Å². The summed E-state index contributed by atoms with van der Waals surface area (Å²) in [5, 5.41) is 8.52. The Hall–Kier alpha value is 6.42. The zero-order chi connectivity index (χ0) is 71.4. The van der Waals surface area contributed by atoms with E-state index in [-0.39, 0.29) is 25.5 Å². The first-order valence-corrected chi connectivity index (χ1v) is 58.9. The van der Waals surface area contributed by atoms with Crippen molar-refractivity contribution in [1.82, 2.24) is 28.0 Å². The van der Waals surface area contributed by atoms with Crippen LogP contribution in [0.2, 0.25) is 39.3 Å². The molecule has 10 rings (SSSR count). The van der Waals surface area contributed by atoms with Gasteiger partial charge in [-0.25, -0.2) is 28.0 Å². The van der Waals surface area contributed by atoms with Gasteiger partial charge in [0.1, 0.15) is 0 Å². The molecular weight excluding hydrogens is 1700 g/mol. The second kappa shape index (κ2) is 54.9. The zero-order valence-corrected chi connectivity index (χ0v) is 76.3. The molecule has 0 atom stereocenters. The Balaban J connectivity index is 0.00000106. The summed E-state index contributed by atoms with van der Waals surface area (Å²) in [6, 6.07) is 2.61. The fourth-order valence-corrected chi connectivity index (χ4v) is 31.0. The van der Waals surface area contributed by atoms with Gasteiger partial charge in [-0.1, -0.05) is 110 Å². The molecule has 95 heavy (non-hydrogen) atoms. The summed E-state index contributed by atoms with van der Waals surface area (Å²) in [6.45, 7) is 11.5. The van der Waals surface area contributed by atoms with Crippen LogP contribution < -0.4 is 24.6 Å². The zero-order valence-electron chi connectivity index (χ0n) is 57.8. The Morgan fingerprint density at radius 3 is 0.663 bits per heavy atom. The molecule has 10 fully saturated rings. The van der Waals surface area contributed by atoms with Crippen molar-refractivity contribution in [1.29, 1.82) is 0 Å². The van der Waals surface area contributed by atoms with Gasteiger partial charge in [-0.15, -0.1) is 104 Å². The molecule has 0 unspecified atom stereocenters. The van der Waals surface area contributed by atoms with Crippen LogP contribution in [0.3, 0.4) is 0 Å². The molecule has 0 saturated heterocycles. The van der Waals surface area contributed by atoms with E-state index in [9.17, 15) is 18.3 Å². The van der Waals surface area contributed by atoms with E-state index in [2.05, 4.69) is 55.2 Å². The number of aliphatic hydroxyl groups excluding tert-OH is 1. The molecule has 0 aromatic rings. The summed E-state index contributed by atoms with van der Waals surface area (Å²) in [5.74, 6) is 2.29. The molecule has 0 amide bonds. The van der Waals surface area contributed by atoms with Gasteiger partial charge in [-0.3, -0.25) is 18.3 Å². The molecule has 0 bridgehead atoms. The van der Waals surface area contributed by atoms with Crippen LogP contribution in [-0.4, -0.2) is 196 Å². The molecule has 0 radical (unpaired) electrons. The molecule has 0 spiro atoms. The smallest absolute Gasteiger partial charge is 0.668 e. The Labute approximate surface area is 673 Å². The molecule has 10 aliphatic carbocycles. The van der Waals surface area contributed by atoms with Crippen LogP contribution in [0.15, 0.2) is 0 Å². The first-order valence-electron chi connectivity index (χ1n) is 34.1. The summed E-state index contributed by atoms with van der Waals surface area (Å²) in [5.41, 5.74) is 5.22. The van der Waals surface area contributed by atoms with Crippen molar-refractivity contribution in [3.63, 3.8) is 0 Å². The van der Waals surface area contributed by atoms with Gasteiger partial charge in [-0.2, -0.15) is 0 Å². The molecule has 10 aliphatic rings. The van der Waals surface area contributed by atoms with Crippen LogP contribution in [0.25, 0.3) is 4.65 Å². The monoisotopic (exact) mass is 1810 g/mol. The molecule has 0 aliphatic heterocycles. The Morgan fingerprint density at radius 1 is 0.379 bits per heavy atom. The Morgan fingerprint density at radius 2 is 0.558 bits per heavy atom. The van der Waals surface area contributed by atoms with Crippen molar-refractivity contribution < 1.29 is 42.2 Å². The molecule has 13 nitrogen and oxygen atoms in total. The molecule has 0 aromatic carbocycles. The van der Waals surface area contributed by atoms with E-state index in [1.54, 1.807) is 9.34 Å². The van der Waals surface area contributed by atoms with Gasteiger partial charge in [0.15, 0.2) is 0 Å². The van der Waals surface area contributed by atoms with Crippen molar-refractivity contribution in [2.75, 3.05) is 104 Å². The fourth-order valence-electron chi connectivity index (χ4n) is 9.48. The minimum absolute atomic E-state index is 0. The van der Waals surface area contributed by atoms with Crippen molar-refractivity contribution in [2.24, 2.45) is 23.5 Å².